The average Bonchev–Trinajstić information content (AvgIpc) is 3.66. The molecule has 0 radical (unpaired) electrons. The van der Waals surface area contributed by atoms with E-state index in [1.165, 1.54) is 13.2 Å². The minimum Gasteiger partial charge on any atom is -0.467 e. The number of para-hydroxylation sites is 1. The second kappa shape index (κ2) is 15.4. The number of rotatable bonds is 14. The largest absolute Gasteiger partial charge is 0.467 e. The number of fused-ring (bicyclic) bond motifs is 1. The molecule has 1 aliphatic heterocycles. The molecule has 1 aromatic heterocycles. The molecular formula is C36H37N3O9S. The topological polar surface area (TPSA) is 152 Å². The molecule has 0 aliphatic carbocycles. The van der Waals surface area contributed by atoms with Gasteiger partial charge in [0.05, 0.1) is 36.7 Å². The smallest absolute Gasteiger partial charge is 0.368 e. The van der Waals surface area contributed by atoms with E-state index in [1.807, 2.05) is 31.2 Å². The molecule has 0 saturated heterocycles. The molecule has 2 heterocycles. The van der Waals surface area contributed by atoms with Gasteiger partial charge in [0.25, 0.3) is 0 Å². The number of benzene rings is 3. The van der Waals surface area contributed by atoms with Gasteiger partial charge in [-0.1, -0.05) is 59.8 Å². The lowest BCUT2D eigenvalue weighted by atomic mass is 9.99. The molecule has 4 aromatic rings. The third kappa shape index (κ3) is 8.49. The maximum atomic E-state index is 12.9. The second-order valence-electron chi connectivity index (χ2n) is 11.5. The van der Waals surface area contributed by atoms with Crippen LogP contribution in [0.5, 0.6) is 0 Å². The summed E-state index contributed by atoms with van der Waals surface area (Å²) < 4.78 is 45.5. The van der Waals surface area contributed by atoms with Crippen LogP contribution in [0.25, 0.3) is 17.0 Å². The average molecular weight is 688 g/mol. The molecule has 3 aromatic carbocycles. The fraction of sp³-hybridized carbons (Fsp3) is 0.278. The van der Waals surface area contributed by atoms with Crippen LogP contribution in [0.4, 0.5) is 0 Å². The summed E-state index contributed by atoms with van der Waals surface area (Å²) in [5.41, 5.74) is 4.01. The Morgan fingerprint density at radius 1 is 1.00 bits per heavy atom. The van der Waals surface area contributed by atoms with Gasteiger partial charge in [0.15, 0.2) is 0 Å². The van der Waals surface area contributed by atoms with Gasteiger partial charge in [-0.3, -0.25) is 0 Å². The molecule has 2 unspecified atom stereocenters. The molecule has 12 nitrogen and oxygen atoms in total. The first-order valence-corrected chi connectivity index (χ1v) is 17.2. The lowest BCUT2D eigenvalue weighted by Crippen LogP contribution is -2.24. The zero-order chi connectivity index (χ0) is 35.1. The Morgan fingerprint density at radius 2 is 1.76 bits per heavy atom. The van der Waals surface area contributed by atoms with Gasteiger partial charge in [-0.25, -0.2) is 27.5 Å². The molecule has 0 saturated carbocycles. The van der Waals surface area contributed by atoms with Crippen molar-refractivity contribution >= 4 is 50.6 Å². The highest BCUT2D eigenvalue weighted by Crippen LogP contribution is 2.29. The molecule has 1 N–H and O–H groups in total. The van der Waals surface area contributed by atoms with Gasteiger partial charge in [-0.05, 0) is 49.2 Å². The van der Waals surface area contributed by atoms with Gasteiger partial charge >= 0.3 is 17.9 Å². The molecular weight excluding hydrogens is 650 g/mol. The van der Waals surface area contributed by atoms with Crippen molar-refractivity contribution < 1.29 is 41.8 Å². The zero-order valence-electron chi connectivity index (χ0n) is 27.5. The van der Waals surface area contributed by atoms with Crippen molar-refractivity contribution in [1.29, 1.82) is 0 Å². The molecule has 49 heavy (non-hydrogen) atoms. The van der Waals surface area contributed by atoms with E-state index in [0.29, 0.717) is 34.4 Å². The Balaban J connectivity index is 1.25. The van der Waals surface area contributed by atoms with Crippen molar-refractivity contribution in [1.82, 2.24) is 9.29 Å². The fourth-order valence-corrected chi connectivity index (χ4v) is 6.38. The van der Waals surface area contributed by atoms with Gasteiger partial charge in [0, 0.05) is 48.3 Å². The first-order chi connectivity index (χ1) is 23.5. The van der Waals surface area contributed by atoms with E-state index >= 15 is 0 Å². The summed E-state index contributed by atoms with van der Waals surface area (Å²) in [7, 11) is -0.846. The van der Waals surface area contributed by atoms with E-state index in [1.54, 1.807) is 73.3 Å². The highest BCUT2D eigenvalue weighted by molar-refractivity contribution is 7.88. The van der Waals surface area contributed by atoms with Crippen LogP contribution in [0.2, 0.25) is 0 Å². The van der Waals surface area contributed by atoms with Crippen LogP contribution in [0.1, 0.15) is 58.9 Å². The lowest BCUT2D eigenvalue weighted by Gasteiger charge is -2.12. The standard InChI is InChI=1S/C36H37N3O9S/c1-23(45-3)16-17-47-35(41)28-9-7-8-26(18-28)22-49(43,44)37-20-25-12-14-27(15-13-25)33-31(36(42)48-38-33)19-29-21-39(24(2)34(40)46-4)32-11-6-5-10-30(29)32/h5-15,18-19,21,23-24,37H,16-17,20,22H2,1-4H3. The number of carbonyl (C=O) groups is 3. The number of oxime groups is 1. The van der Waals surface area contributed by atoms with Gasteiger partial charge in [0.1, 0.15) is 11.8 Å². The Morgan fingerprint density at radius 3 is 2.49 bits per heavy atom. The normalized spacial score (nSPS) is 15.1. The number of hydrogen-bond donors (Lipinski definition) is 1. The van der Waals surface area contributed by atoms with E-state index < -0.39 is 34.0 Å². The lowest BCUT2D eigenvalue weighted by molar-refractivity contribution is -0.144. The number of nitrogens with one attached hydrogen (secondary N) is 1. The van der Waals surface area contributed by atoms with Crippen LogP contribution in [-0.4, -0.2) is 63.5 Å². The number of aromatic nitrogens is 1. The van der Waals surface area contributed by atoms with Crippen LogP contribution in [0.15, 0.2) is 89.7 Å². The monoisotopic (exact) mass is 687 g/mol. The van der Waals surface area contributed by atoms with E-state index in [0.717, 1.165) is 10.9 Å². The maximum absolute atomic E-state index is 12.9. The number of ether oxygens (including phenoxy) is 3. The van der Waals surface area contributed by atoms with Crippen LogP contribution >= 0.6 is 0 Å². The highest BCUT2D eigenvalue weighted by atomic mass is 32.2. The summed E-state index contributed by atoms with van der Waals surface area (Å²) in [6.45, 7) is 3.81. The number of nitrogens with zero attached hydrogens (tertiary/aromatic N) is 2. The number of sulfonamides is 1. The van der Waals surface area contributed by atoms with Crippen LogP contribution < -0.4 is 4.72 Å². The summed E-state index contributed by atoms with van der Waals surface area (Å²) in [5.74, 6) is -1.89. The third-order valence-electron chi connectivity index (χ3n) is 8.13. The molecule has 5 rings (SSSR count). The van der Waals surface area contributed by atoms with Crippen molar-refractivity contribution in [3.63, 3.8) is 0 Å². The summed E-state index contributed by atoms with van der Waals surface area (Å²) >= 11 is 0. The molecule has 0 bridgehead atoms. The van der Waals surface area contributed by atoms with Crippen molar-refractivity contribution in [2.75, 3.05) is 20.8 Å². The quantitative estimate of drug-likeness (QED) is 0.111. The Kier molecular flexibility index (Phi) is 11.1. The van der Waals surface area contributed by atoms with Crippen molar-refractivity contribution in [2.45, 2.75) is 44.7 Å². The van der Waals surface area contributed by atoms with Gasteiger partial charge in [0.2, 0.25) is 10.0 Å². The minimum atomic E-state index is -3.76. The third-order valence-corrected chi connectivity index (χ3v) is 9.43. The first-order valence-electron chi connectivity index (χ1n) is 15.5. The Bertz CT molecular complexity index is 2030. The Labute approximate surface area is 284 Å². The van der Waals surface area contributed by atoms with Crippen LogP contribution in [0.3, 0.4) is 0 Å². The Hall–Kier alpha value is -5.11. The molecule has 0 spiro atoms. The molecule has 2 atom stereocenters. The van der Waals surface area contributed by atoms with Gasteiger partial charge < -0.3 is 23.6 Å². The van der Waals surface area contributed by atoms with Crippen molar-refractivity contribution in [3.05, 3.63) is 112 Å². The minimum absolute atomic E-state index is 0.0184. The summed E-state index contributed by atoms with van der Waals surface area (Å²) in [6, 6.07) is 20.1. The van der Waals surface area contributed by atoms with Crippen molar-refractivity contribution in [2.24, 2.45) is 5.16 Å². The molecule has 0 amide bonds. The molecule has 1 aliphatic rings. The van der Waals surface area contributed by atoms with Gasteiger partial charge in [-0.2, -0.15) is 0 Å². The fourth-order valence-electron chi connectivity index (χ4n) is 5.28. The summed E-state index contributed by atoms with van der Waals surface area (Å²) in [4.78, 5) is 42.5. The number of hydrogen-bond acceptors (Lipinski definition) is 10. The molecule has 256 valence electrons. The van der Waals surface area contributed by atoms with E-state index in [9.17, 15) is 22.8 Å². The number of esters is 2. The zero-order valence-corrected chi connectivity index (χ0v) is 28.4. The van der Waals surface area contributed by atoms with Gasteiger partial charge in [-0.15, -0.1) is 0 Å². The maximum Gasteiger partial charge on any atom is 0.368 e. The van der Waals surface area contributed by atoms with Crippen LogP contribution in [-0.2, 0) is 51.0 Å². The number of carbonyl (C=O) groups excluding carboxylic acids is 3. The summed E-state index contributed by atoms with van der Waals surface area (Å²) in [6.07, 6.45) is 3.95. The van der Waals surface area contributed by atoms with E-state index in [-0.39, 0.29) is 36.1 Å². The number of methoxy groups -OCH3 is 2. The summed E-state index contributed by atoms with van der Waals surface area (Å²) in [5, 5.41) is 4.83. The first kappa shape index (κ1) is 35.2. The second-order valence-corrected chi connectivity index (χ2v) is 13.3. The predicted octanol–water partition coefficient (Wildman–Crippen LogP) is 4.92. The molecule has 13 heteroatoms. The van der Waals surface area contributed by atoms with Crippen molar-refractivity contribution in [3.8, 4) is 0 Å². The van der Waals surface area contributed by atoms with Crippen LogP contribution in [0, 0.1) is 0 Å². The highest BCUT2D eigenvalue weighted by Gasteiger charge is 2.28. The van der Waals surface area contributed by atoms with E-state index in [2.05, 4.69) is 9.88 Å². The SMILES string of the molecule is COC(=O)C(C)n1cc(C=C2C(=O)ON=C2c2ccc(CNS(=O)(=O)Cc3cccc(C(=O)OCCC(C)OC)c3)cc2)c2ccccc21. The molecule has 0 fully saturated rings. The predicted molar refractivity (Wildman–Crippen MR) is 183 cm³/mol. The van der Waals surface area contributed by atoms with E-state index in [4.69, 9.17) is 19.0 Å².